The van der Waals surface area contributed by atoms with Crippen LogP contribution in [-0.2, 0) is 19.4 Å². The third-order valence-corrected chi connectivity index (χ3v) is 7.56. The van der Waals surface area contributed by atoms with Crippen molar-refractivity contribution in [3.8, 4) is 0 Å². The van der Waals surface area contributed by atoms with E-state index in [0.717, 1.165) is 24.3 Å². The van der Waals surface area contributed by atoms with Gasteiger partial charge in [-0.15, -0.1) is 0 Å². The molecular formula is C20H26N4O4S. The van der Waals surface area contributed by atoms with E-state index in [1.54, 1.807) is 0 Å². The van der Waals surface area contributed by atoms with Gasteiger partial charge in [-0.25, -0.2) is 13.4 Å². The molecule has 29 heavy (non-hydrogen) atoms. The van der Waals surface area contributed by atoms with Gasteiger partial charge in [0, 0.05) is 37.3 Å². The molecule has 2 saturated heterocycles. The number of rotatable bonds is 4. The second-order valence-electron chi connectivity index (χ2n) is 7.99. The Morgan fingerprint density at radius 3 is 2.62 bits per heavy atom. The highest BCUT2D eigenvalue weighted by atomic mass is 32.2. The molecule has 0 saturated carbocycles. The molecule has 8 nitrogen and oxygen atoms in total. The zero-order valence-electron chi connectivity index (χ0n) is 16.6. The summed E-state index contributed by atoms with van der Waals surface area (Å²) < 4.78 is 23.5. The van der Waals surface area contributed by atoms with Gasteiger partial charge >= 0.3 is 0 Å². The summed E-state index contributed by atoms with van der Waals surface area (Å²) in [6.45, 7) is 4.07. The van der Waals surface area contributed by atoms with Gasteiger partial charge in [0.15, 0.2) is 9.84 Å². The fourth-order valence-electron chi connectivity index (χ4n) is 4.14. The Labute approximate surface area is 170 Å². The van der Waals surface area contributed by atoms with Crippen LogP contribution in [0.4, 0.5) is 11.4 Å². The molecule has 1 atom stereocenters. The molecular weight excluding hydrogens is 392 g/mol. The Balaban J connectivity index is 1.47. The van der Waals surface area contributed by atoms with Crippen LogP contribution >= 0.6 is 0 Å². The van der Waals surface area contributed by atoms with E-state index in [2.05, 4.69) is 21.4 Å². The minimum Gasteiger partial charge on any atom is -0.372 e. The smallest absolute Gasteiger partial charge is 0.271 e. The van der Waals surface area contributed by atoms with Crippen LogP contribution in [0.5, 0.6) is 0 Å². The van der Waals surface area contributed by atoms with Crippen LogP contribution in [0.15, 0.2) is 23.3 Å². The van der Waals surface area contributed by atoms with E-state index < -0.39 is 15.9 Å². The van der Waals surface area contributed by atoms with E-state index >= 15 is 0 Å². The third kappa shape index (κ3) is 4.29. The van der Waals surface area contributed by atoms with Gasteiger partial charge in [-0.3, -0.25) is 9.59 Å². The summed E-state index contributed by atoms with van der Waals surface area (Å²) in [5, 5.41) is 8.34. The number of benzene rings is 1. The number of aryl methyl sites for hydroxylation is 1. The minimum atomic E-state index is -3.14. The van der Waals surface area contributed by atoms with Crippen molar-refractivity contribution >= 4 is 38.7 Å². The average molecular weight is 419 g/mol. The maximum atomic E-state index is 12.7. The summed E-state index contributed by atoms with van der Waals surface area (Å²) in [6.07, 6.45) is 3.19. The minimum absolute atomic E-state index is 0.0566. The van der Waals surface area contributed by atoms with Crippen LogP contribution in [0.2, 0.25) is 0 Å². The Hall–Kier alpha value is -2.42. The molecule has 2 amide bonds. The van der Waals surface area contributed by atoms with Gasteiger partial charge in [0.05, 0.1) is 17.5 Å². The van der Waals surface area contributed by atoms with E-state index in [1.165, 1.54) is 17.9 Å². The van der Waals surface area contributed by atoms with E-state index in [9.17, 15) is 18.0 Å². The lowest BCUT2D eigenvalue weighted by molar-refractivity contribution is -0.133. The zero-order valence-corrected chi connectivity index (χ0v) is 17.4. The van der Waals surface area contributed by atoms with E-state index in [-0.39, 0.29) is 41.9 Å². The molecule has 0 aromatic heterocycles. The number of anilines is 2. The lowest BCUT2D eigenvalue weighted by atomic mass is 10.1. The molecule has 0 aliphatic carbocycles. The fourth-order valence-corrected chi connectivity index (χ4v) is 5.83. The van der Waals surface area contributed by atoms with Crippen LogP contribution in [0.3, 0.4) is 0 Å². The quantitative estimate of drug-likeness (QED) is 0.802. The SMILES string of the molecule is Cc1cc(N2CCCC2)ccc1NC(=O)C1=NN(C2CCS(=O)(=O)C2)C(=O)CC1. The van der Waals surface area contributed by atoms with Gasteiger partial charge in [0.25, 0.3) is 5.91 Å². The molecule has 1 unspecified atom stereocenters. The number of hydrogen-bond donors (Lipinski definition) is 1. The van der Waals surface area contributed by atoms with Crippen molar-refractivity contribution in [3.05, 3.63) is 23.8 Å². The molecule has 156 valence electrons. The van der Waals surface area contributed by atoms with Gasteiger partial charge in [-0.1, -0.05) is 0 Å². The summed E-state index contributed by atoms with van der Waals surface area (Å²) in [5.74, 6) is -0.606. The fraction of sp³-hybridized carbons (Fsp3) is 0.550. The Bertz CT molecular complexity index is 967. The largest absolute Gasteiger partial charge is 0.372 e. The average Bonchev–Trinajstić information content (AvgIpc) is 3.33. The number of hydrogen-bond acceptors (Lipinski definition) is 6. The summed E-state index contributed by atoms with van der Waals surface area (Å²) >= 11 is 0. The monoisotopic (exact) mass is 418 g/mol. The van der Waals surface area contributed by atoms with Crippen molar-refractivity contribution in [2.24, 2.45) is 5.10 Å². The predicted molar refractivity (Wildman–Crippen MR) is 112 cm³/mol. The van der Waals surface area contributed by atoms with Crippen LogP contribution in [0, 0.1) is 6.92 Å². The summed E-state index contributed by atoms with van der Waals surface area (Å²) in [6, 6.07) is 5.51. The molecule has 0 radical (unpaired) electrons. The molecule has 1 N–H and O–H groups in total. The topological polar surface area (TPSA) is 99.2 Å². The second kappa shape index (κ2) is 7.78. The van der Waals surface area contributed by atoms with E-state index in [0.29, 0.717) is 12.1 Å². The van der Waals surface area contributed by atoms with E-state index in [1.807, 2.05) is 19.1 Å². The molecule has 2 fully saturated rings. The summed E-state index contributed by atoms with van der Waals surface area (Å²) in [4.78, 5) is 27.3. The first-order valence-corrected chi connectivity index (χ1v) is 11.9. The first kappa shape index (κ1) is 19.9. The molecule has 3 aliphatic rings. The highest BCUT2D eigenvalue weighted by Gasteiger charge is 2.37. The lowest BCUT2D eigenvalue weighted by Crippen LogP contribution is -2.42. The van der Waals surface area contributed by atoms with Gasteiger partial charge < -0.3 is 10.2 Å². The lowest BCUT2D eigenvalue weighted by Gasteiger charge is -2.27. The van der Waals surface area contributed by atoms with Gasteiger partial charge in [0.1, 0.15) is 5.71 Å². The van der Waals surface area contributed by atoms with Crippen LogP contribution in [-0.4, -0.2) is 61.6 Å². The first-order valence-electron chi connectivity index (χ1n) is 10.1. The second-order valence-corrected chi connectivity index (χ2v) is 10.2. The predicted octanol–water partition coefficient (Wildman–Crippen LogP) is 1.70. The van der Waals surface area contributed by atoms with Gasteiger partial charge in [-0.05, 0) is 49.9 Å². The molecule has 0 bridgehead atoms. The molecule has 9 heteroatoms. The highest BCUT2D eigenvalue weighted by Crippen LogP contribution is 2.26. The Morgan fingerprint density at radius 2 is 1.97 bits per heavy atom. The van der Waals surface area contributed by atoms with Gasteiger partial charge in [-0.2, -0.15) is 5.10 Å². The molecule has 4 rings (SSSR count). The molecule has 3 heterocycles. The van der Waals surface area contributed by atoms with Crippen LogP contribution in [0.25, 0.3) is 0 Å². The van der Waals surface area contributed by atoms with Crippen molar-refractivity contribution in [1.29, 1.82) is 0 Å². The Kier molecular flexibility index (Phi) is 5.33. The van der Waals surface area contributed by atoms with Gasteiger partial charge in [0.2, 0.25) is 5.91 Å². The molecule has 1 aromatic rings. The van der Waals surface area contributed by atoms with Crippen molar-refractivity contribution in [3.63, 3.8) is 0 Å². The first-order chi connectivity index (χ1) is 13.8. The number of amides is 2. The van der Waals surface area contributed by atoms with Crippen LogP contribution in [0.1, 0.15) is 37.7 Å². The highest BCUT2D eigenvalue weighted by molar-refractivity contribution is 7.91. The van der Waals surface area contributed by atoms with Crippen molar-refractivity contribution in [2.75, 3.05) is 34.8 Å². The Morgan fingerprint density at radius 1 is 1.21 bits per heavy atom. The molecule has 0 spiro atoms. The van der Waals surface area contributed by atoms with E-state index in [4.69, 9.17) is 0 Å². The van der Waals surface area contributed by atoms with Crippen LogP contribution < -0.4 is 10.2 Å². The molecule has 3 aliphatic heterocycles. The summed E-state index contributed by atoms with van der Waals surface area (Å²) in [5.41, 5.74) is 3.10. The number of nitrogens with zero attached hydrogens (tertiary/aromatic N) is 3. The number of nitrogens with one attached hydrogen (secondary N) is 1. The maximum absolute atomic E-state index is 12.7. The zero-order chi connectivity index (χ0) is 20.6. The number of carbonyl (C=O) groups excluding carboxylic acids is 2. The van der Waals surface area contributed by atoms with Crippen molar-refractivity contribution < 1.29 is 18.0 Å². The number of carbonyl (C=O) groups is 2. The number of sulfone groups is 1. The summed E-state index contributed by atoms with van der Waals surface area (Å²) in [7, 11) is -3.14. The van der Waals surface area contributed by atoms with Crippen molar-refractivity contribution in [2.45, 2.75) is 45.1 Å². The number of hydrazone groups is 1. The third-order valence-electron chi connectivity index (χ3n) is 5.81. The standard InChI is InChI=1S/C20H26N4O4S/c1-14-12-15(23-9-2-3-10-23)4-5-17(14)21-20(26)18-6-7-19(25)24(22-18)16-8-11-29(27,28)13-16/h4-5,12,16H,2-3,6-11,13H2,1H3,(H,21,26). The normalized spacial score (nSPS) is 24.0. The molecule has 1 aromatic carbocycles. The maximum Gasteiger partial charge on any atom is 0.271 e. The van der Waals surface area contributed by atoms with Crippen molar-refractivity contribution in [1.82, 2.24) is 5.01 Å².